The number of rotatable bonds is 17. The van der Waals surface area contributed by atoms with Gasteiger partial charge in [0.15, 0.2) is 5.78 Å². The Hall–Kier alpha value is -2.92. The average molecular weight is 492 g/mol. The smallest absolute Gasteiger partial charge is 0.303 e. The standard InChI is InChI=1S/C31H41NO4/c1-23(2)22-25-18-16-24(17-19-25)10-4-3-7-20-36-21-9-14-29(33)31-26-11-5-6-12-27(26)32-28(31)13-8-15-30(34)35/h5-6,11-12,16-19,23,32H,3-4,7-10,13-15,20-22H2,1-2H3,(H,34,35). The van der Waals surface area contributed by atoms with Crippen molar-refractivity contribution in [3.63, 3.8) is 0 Å². The lowest BCUT2D eigenvalue weighted by atomic mass is 10.00. The van der Waals surface area contributed by atoms with Crippen LogP contribution in [-0.4, -0.2) is 35.1 Å². The largest absolute Gasteiger partial charge is 0.481 e. The van der Waals surface area contributed by atoms with Crippen LogP contribution in [0.3, 0.4) is 0 Å². The van der Waals surface area contributed by atoms with Gasteiger partial charge < -0.3 is 14.8 Å². The fourth-order valence-electron chi connectivity index (χ4n) is 4.71. The third-order valence-corrected chi connectivity index (χ3v) is 6.49. The van der Waals surface area contributed by atoms with E-state index in [0.29, 0.717) is 43.8 Å². The van der Waals surface area contributed by atoms with Gasteiger partial charge in [-0.05, 0) is 68.1 Å². The van der Waals surface area contributed by atoms with E-state index < -0.39 is 5.97 Å². The van der Waals surface area contributed by atoms with E-state index in [1.165, 1.54) is 11.1 Å². The molecule has 0 aliphatic rings. The summed E-state index contributed by atoms with van der Waals surface area (Å²) in [6.45, 7) is 5.82. The molecule has 5 nitrogen and oxygen atoms in total. The van der Waals surface area contributed by atoms with Crippen LogP contribution in [0.1, 0.15) is 86.0 Å². The minimum absolute atomic E-state index is 0.0980. The van der Waals surface area contributed by atoms with Crippen LogP contribution < -0.4 is 0 Å². The Morgan fingerprint density at radius 3 is 2.31 bits per heavy atom. The Kier molecular flexibility index (Phi) is 11.2. The number of Topliss-reactive ketones (excluding diaryl/α,β-unsaturated/α-hetero) is 1. The number of H-pyrrole nitrogens is 1. The fourth-order valence-corrected chi connectivity index (χ4v) is 4.71. The fraction of sp³-hybridized carbons (Fsp3) is 0.484. The highest BCUT2D eigenvalue weighted by Crippen LogP contribution is 2.25. The van der Waals surface area contributed by atoms with Crippen molar-refractivity contribution in [3.05, 3.63) is 70.9 Å². The summed E-state index contributed by atoms with van der Waals surface area (Å²) in [5.41, 5.74) is 5.31. The Balaban J connectivity index is 1.33. The van der Waals surface area contributed by atoms with E-state index in [-0.39, 0.29) is 12.2 Å². The third-order valence-electron chi connectivity index (χ3n) is 6.49. The number of carboxylic acids is 1. The van der Waals surface area contributed by atoms with Gasteiger partial charge in [-0.3, -0.25) is 9.59 Å². The van der Waals surface area contributed by atoms with Crippen LogP contribution in [0.5, 0.6) is 0 Å². The zero-order valence-electron chi connectivity index (χ0n) is 21.9. The number of aromatic amines is 1. The first kappa shape index (κ1) is 27.7. The number of carbonyl (C=O) groups excluding carboxylic acids is 1. The molecule has 0 saturated carbocycles. The molecule has 2 aromatic carbocycles. The second-order valence-corrected chi connectivity index (χ2v) is 10.1. The van der Waals surface area contributed by atoms with Gasteiger partial charge in [-0.2, -0.15) is 0 Å². The Morgan fingerprint density at radius 2 is 1.56 bits per heavy atom. The van der Waals surface area contributed by atoms with Crippen LogP contribution in [-0.2, 0) is 28.8 Å². The number of ether oxygens (including phenoxy) is 1. The summed E-state index contributed by atoms with van der Waals surface area (Å²) in [4.78, 5) is 27.2. The molecule has 0 bridgehead atoms. The number of aryl methyl sites for hydroxylation is 2. The molecule has 5 heteroatoms. The molecule has 0 aliphatic carbocycles. The molecule has 0 spiro atoms. The number of ketones is 1. The first-order valence-electron chi connectivity index (χ1n) is 13.4. The number of benzene rings is 2. The zero-order valence-corrected chi connectivity index (χ0v) is 21.9. The van der Waals surface area contributed by atoms with E-state index in [0.717, 1.165) is 55.3 Å². The maximum atomic E-state index is 13.0. The molecule has 0 fully saturated rings. The first-order valence-corrected chi connectivity index (χ1v) is 13.4. The van der Waals surface area contributed by atoms with Crippen LogP contribution >= 0.6 is 0 Å². The summed E-state index contributed by atoms with van der Waals surface area (Å²) >= 11 is 0. The van der Waals surface area contributed by atoms with Crippen molar-refractivity contribution in [1.82, 2.24) is 4.98 Å². The van der Waals surface area contributed by atoms with Crippen molar-refractivity contribution in [3.8, 4) is 0 Å². The van der Waals surface area contributed by atoms with Crippen LogP contribution in [0, 0.1) is 5.92 Å². The van der Waals surface area contributed by atoms with Crippen molar-refractivity contribution < 1.29 is 19.4 Å². The molecule has 36 heavy (non-hydrogen) atoms. The molecule has 0 atom stereocenters. The van der Waals surface area contributed by atoms with Crippen LogP contribution in [0.25, 0.3) is 10.9 Å². The molecular weight excluding hydrogens is 450 g/mol. The number of hydrogen-bond acceptors (Lipinski definition) is 3. The van der Waals surface area contributed by atoms with E-state index in [1.54, 1.807) is 0 Å². The second-order valence-electron chi connectivity index (χ2n) is 10.1. The zero-order chi connectivity index (χ0) is 25.8. The molecular formula is C31H41NO4. The van der Waals surface area contributed by atoms with E-state index in [9.17, 15) is 9.59 Å². The van der Waals surface area contributed by atoms with Gasteiger partial charge in [0.25, 0.3) is 0 Å². The lowest BCUT2D eigenvalue weighted by Crippen LogP contribution is -2.06. The third kappa shape index (κ3) is 8.94. The van der Waals surface area contributed by atoms with Gasteiger partial charge in [-0.1, -0.05) is 62.7 Å². The maximum absolute atomic E-state index is 13.0. The van der Waals surface area contributed by atoms with Gasteiger partial charge in [0.05, 0.1) is 0 Å². The minimum atomic E-state index is -0.813. The normalized spacial score (nSPS) is 11.4. The van der Waals surface area contributed by atoms with Crippen molar-refractivity contribution in [2.24, 2.45) is 5.92 Å². The molecule has 0 radical (unpaired) electrons. The van der Waals surface area contributed by atoms with Gasteiger partial charge in [0.1, 0.15) is 0 Å². The summed E-state index contributed by atoms with van der Waals surface area (Å²) < 4.78 is 5.79. The van der Waals surface area contributed by atoms with Crippen molar-refractivity contribution in [2.75, 3.05) is 13.2 Å². The van der Waals surface area contributed by atoms with E-state index in [2.05, 4.69) is 43.1 Å². The molecule has 194 valence electrons. The lowest BCUT2D eigenvalue weighted by molar-refractivity contribution is -0.137. The van der Waals surface area contributed by atoms with Crippen LogP contribution in [0.2, 0.25) is 0 Å². The quantitative estimate of drug-likeness (QED) is 0.155. The maximum Gasteiger partial charge on any atom is 0.303 e. The minimum Gasteiger partial charge on any atom is -0.481 e. The highest BCUT2D eigenvalue weighted by molar-refractivity contribution is 6.09. The summed E-state index contributed by atoms with van der Waals surface area (Å²) in [5.74, 6) is -0.0249. The van der Waals surface area contributed by atoms with E-state index in [4.69, 9.17) is 9.84 Å². The number of aromatic nitrogens is 1. The number of para-hydroxylation sites is 1. The predicted octanol–water partition coefficient (Wildman–Crippen LogP) is 7.17. The molecule has 0 aliphatic heterocycles. The van der Waals surface area contributed by atoms with Crippen molar-refractivity contribution >= 4 is 22.7 Å². The van der Waals surface area contributed by atoms with Gasteiger partial charge in [-0.15, -0.1) is 0 Å². The lowest BCUT2D eigenvalue weighted by Gasteiger charge is -2.07. The van der Waals surface area contributed by atoms with Gasteiger partial charge >= 0.3 is 5.97 Å². The number of carboxylic acid groups (broad SMARTS) is 1. The van der Waals surface area contributed by atoms with Crippen LogP contribution in [0.4, 0.5) is 0 Å². The number of carbonyl (C=O) groups is 2. The molecule has 1 aromatic heterocycles. The Bertz CT molecular complexity index is 1100. The number of fused-ring (bicyclic) bond motifs is 1. The first-order chi connectivity index (χ1) is 17.4. The van der Waals surface area contributed by atoms with Gasteiger partial charge in [0, 0.05) is 48.2 Å². The highest BCUT2D eigenvalue weighted by atomic mass is 16.5. The van der Waals surface area contributed by atoms with Crippen molar-refractivity contribution in [1.29, 1.82) is 0 Å². The molecule has 3 aromatic rings. The predicted molar refractivity (Wildman–Crippen MR) is 146 cm³/mol. The summed E-state index contributed by atoms with van der Waals surface area (Å²) in [7, 11) is 0. The Labute approximate surface area is 215 Å². The van der Waals surface area contributed by atoms with Gasteiger partial charge in [-0.25, -0.2) is 0 Å². The molecule has 0 unspecified atom stereocenters. The van der Waals surface area contributed by atoms with Gasteiger partial charge in [0.2, 0.25) is 0 Å². The van der Waals surface area contributed by atoms with E-state index >= 15 is 0 Å². The molecule has 2 N–H and O–H groups in total. The number of hydrogen-bond donors (Lipinski definition) is 2. The average Bonchev–Trinajstić information content (AvgIpc) is 3.21. The monoisotopic (exact) mass is 491 g/mol. The summed E-state index contributed by atoms with van der Waals surface area (Å²) in [5, 5.41) is 9.86. The number of unbranched alkanes of at least 4 members (excludes halogenated alkanes) is 2. The summed E-state index contributed by atoms with van der Waals surface area (Å²) in [6, 6.07) is 16.8. The molecule has 0 amide bonds. The van der Waals surface area contributed by atoms with E-state index in [1.807, 2.05) is 24.3 Å². The topological polar surface area (TPSA) is 79.4 Å². The molecule has 1 heterocycles. The highest BCUT2D eigenvalue weighted by Gasteiger charge is 2.18. The Morgan fingerprint density at radius 1 is 0.833 bits per heavy atom. The second kappa shape index (κ2) is 14.6. The molecule has 0 saturated heterocycles. The van der Waals surface area contributed by atoms with Crippen molar-refractivity contribution in [2.45, 2.75) is 78.1 Å². The van der Waals surface area contributed by atoms with Crippen LogP contribution in [0.15, 0.2) is 48.5 Å². The summed E-state index contributed by atoms with van der Waals surface area (Å²) in [6.07, 6.45) is 7.87. The number of nitrogens with one attached hydrogen (secondary N) is 1. The number of aliphatic carboxylic acids is 1. The SMILES string of the molecule is CC(C)Cc1ccc(CCCCCOCCCC(=O)c2c(CCCC(=O)O)[nH]c3ccccc23)cc1. The molecule has 3 rings (SSSR count).